The third-order valence-electron chi connectivity index (χ3n) is 4.20. The number of quaternary nitrogens is 1. The van der Waals surface area contributed by atoms with Crippen molar-refractivity contribution in [1.29, 1.82) is 0 Å². The first-order valence-corrected chi connectivity index (χ1v) is 9.48. The first-order valence-electron chi connectivity index (χ1n) is 7.85. The molecule has 3 rings (SSSR count). The van der Waals surface area contributed by atoms with Crippen LogP contribution >= 0.6 is 34.5 Å². The molecule has 0 unspecified atom stereocenters. The number of rotatable bonds is 5. The van der Waals surface area contributed by atoms with E-state index in [1.807, 2.05) is 22.3 Å². The SMILES string of the molecule is C=CC[NH2+]CC(=O)N1CCc2sccc2[C@H]1c1ccc(Cl)cc1Cl. The Bertz CT molecular complexity index is 759. The highest BCUT2D eigenvalue weighted by molar-refractivity contribution is 7.10. The quantitative estimate of drug-likeness (QED) is 0.626. The normalized spacial score (nSPS) is 16.8. The molecule has 0 bridgehead atoms. The van der Waals surface area contributed by atoms with Crippen molar-refractivity contribution in [3.8, 4) is 0 Å². The number of nitrogens with zero attached hydrogens (tertiary/aromatic N) is 1. The first kappa shape index (κ1) is 17.5. The van der Waals surface area contributed by atoms with Gasteiger partial charge in [0.2, 0.25) is 0 Å². The second kappa shape index (κ2) is 7.70. The van der Waals surface area contributed by atoms with Gasteiger partial charge in [0.15, 0.2) is 6.54 Å². The second-order valence-corrected chi connectivity index (χ2v) is 7.57. The van der Waals surface area contributed by atoms with Gasteiger partial charge in [-0.2, -0.15) is 0 Å². The number of nitrogens with two attached hydrogens (primary N) is 1. The summed E-state index contributed by atoms with van der Waals surface area (Å²) >= 11 is 14.2. The van der Waals surface area contributed by atoms with Crippen LogP contribution in [0.15, 0.2) is 42.3 Å². The average molecular weight is 382 g/mol. The van der Waals surface area contributed by atoms with E-state index in [0.29, 0.717) is 23.1 Å². The number of thiophene rings is 1. The average Bonchev–Trinajstić information content (AvgIpc) is 3.03. The second-order valence-electron chi connectivity index (χ2n) is 5.72. The third kappa shape index (κ3) is 3.52. The molecule has 1 aromatic carbocycles. The molecule has 0 spiro atoms. The highest BCUT2D eigenvalue weighted by Gasteiger charge is 2.34. The van der Waals surface area contributed by atoms with Crippen LogP contribution in [0.25, 0.3) is 0 Å². The molecule has 1 atom stereocenters. The Hall–Kier alpha value is -1.33. The molecular formula is C18H19Cl2N2OS+. The fourth-order valence-electron chi connectivity index (χ4n) is 3.09. The van der Waals surface area contributed by atoms with Gasteiger partial charge in [-0.15, -0.1) is 11.3 Å². The van der Waals surface area contributed by atoms with E-state index in [4.69, 9.17) is 23.2 Å². The van der Waals surface area contributed by atoms with E-state index in [1.165, 1.54) is 10.4 Å². The van der Waals surface area contributed by atoms with E-state index in [0.717, 1.165) is 18.5 Å². The largest absolute Gasteiger partial charge is 0.335 e. The molecule has 2 N–H and O–H groups in total. The number of halogens is 2. The van der Waals surface area contributed by atoms with E-state index < -0.39 is 0 Å². The zero-order valence-electron chi connectivity index (χ0n) is 13.2. The number of carbonyl (C=O) groups is 1. The Morgan fingerprint density at radius 3 is 2.96 bits per heavy atom. The van der Waals surface area contributed by atoms with Crippen molar-refractivity contribution in [2.24, 2.45) is 0 Å². The van der Waals surface area contributed by atoms with E-state index >= 15 is 0 Å². The predicted molar refractivity (Wildman–Crippen MR) is 99.9 cm³/mol. The Morgan fingerprint density at radius 2 is 2.21 bits per heavy atom. The molecule has 1 aliphatic rings. The Balaban J connectivity index is 1.96. The van der Waals surface area contributed by atoms with Gasteiger partial charge in [-0.1, -0.05) is 35.8 Å². The predicted octanol–water partition coefficient (Wildman–Crippen LogP) is 3.28. The van der Waals surface area contributed by atoms with E-state index in [1.54, 1.807) is 23.5 Å². The van der Waals surface area contributed by atoms with Crippen LogP contribution in [0.1, 0.15) is 22.0 Å². The van der Waals surface area contributed by atoms with Crippen molar-refractivity contribution in [3.63, 3.8) is 0 Å². The highest BCUT2D eigenvalue weighted by Crippen LogP contribution is 2.40. The lowest BCUT2D eigenvalue weighted by atomic mass is 9.93. The molecule has 0 saturated carbocycles. The van der Waals surface area contributed by atoms with Crippen LogP contribution in [0, 0.1) is 0 Å². The van der Waals surface area contributed by atoms with Gasteiger partial charge in [-0.25, -0.2) is 0 Å². The van der Waals surface area contributed by atoms with Crippen molar-refractivity contribution >= 4 is 40.4 Å². The van der Waals surface area contributed by atoms with Crippen molar-refractivity contribution in [1.82, 2.24) is 4.90 Å². The maximum Gasteiger partial charge on any atom is 0.278 e. The fourth-order valence-corrected chi connectivity index (χ4v) is 4.50. The third-order valence-corrected chi connectivity index (χ3v) is 5.75. The maximum absolute atomic E-state index is 12.8. The van der Waals surface area contributed by atoms with Gasteiger partial charge in [-0.3, -0.25) is 4.79 Å². The number of fused-ring (bicyclic) bond motifs is 1. The molecule has 2 aromatic rings. The van der Waals surface area contributed by atoms with E-state index in [2.05, 4.69) is 18.0 Å². The molecule has 2 heterocycles. The lowest BCUT2D eigenvalue weighted by Crippen LogP contribution is -2.86. The van der Waals surface area contributed by atoms with Crippen LogP contribution < -0.4 is 5.32 Å². The minimum Gasteiger partial charge on any atom is -0.335 e. The smallest absolute Gasteiger partial charge is 0.278 e. The first-order chi connectivity index (χ1) is 11.6. The minimum absolute atomic E-state index is 0.115. The van der Waals surface area contributed by atoms with Crippen LogP contribution in [0.4, 0.5) is 0 Å². The van der Waals surface area contributed by atoms with Gasteiger partial charge in [0.05, 0.1) is 12.6 Å². The summed E-state index contributed by atoms with van der Waals surface area (Å²) < 4.78 is 0. The van der Waals surface area contributed by atoms with Gasteiger partial charge in [0.1, 0.15) is 0 Å². The standard InChI is InChI=1S/C18H18Cl2N2OS/c1-2-7-21-11-17(23)22-8-5-16-14(6-9-24-16)18(22)13-4-3-12(19)10-15(13)20/h2-4,6,9-10,18,21H,1,5,7-8,11H2/p+1/t18-/m1/s1. The van der Waals surface area contributed by atoms with Gasteiger partial charge >= 0.3 is 0 Å². The van der Waals surface area contributed by atoms with Gasteiger partial charge in [0, 0.05) is 21.5 Å². The van der Waals surface area contributed by atoms with Gasteiger partial charge < -0.3 is 10.2 Å². The van der Waals surface area contributed by atoms with Gasteiger partial charge in [0.25, 0.3) is 5.91 Å². The zero-order valence-corrected chi connectivity index (χ0v) is 15.5. The molecule has 3 nitrogen and oxygen atoms in total. The molecule has 1 amide bonds. The fraction of sp³-hybridized carbons (Fsp3) is 0.278. The summed E-state index contributed by atoms with van der Waals surface area (Å²) in [5, 5.41) is 5.24. The van der Waals surface area contributed by atoms with Crippen LogP contribution in [0.5, 0.6) is 0 Å². The number of hydrogen-bond acceptors (Lipinski definition) is 2. The van der Waals surface area contributed by atoms with Crippen molar-refractivity contribution < 1.29 is 10.1 Å². The number of benzene rings is 1. The maximum atomic E-state index is 12.8. The minimum atomic E-state index is -0.144. The lowest BCUT2D eigenvalue weighted by Gasteiger charge is -2.36. The molecule has 24 heavy (non-hydrogen) atoms. The molecule has 1 aliphatic heterocycles. The summed E-state index contributed by atoms with van der Waals surface area (Å²) in [5.41, 5.74) is 2.10. The number of hydrogen-bond donors (Lipinski definition) is 1. The number of amides is 1. The lowest BCUT2D eigenvalue weighted by molar-refractivity contribution is -0.635. The molecule has 1 aromatic heterocycles. The molecule has 0 aliphatic carbocycles. The van der Waals surface area contributed by atoms with Crippen LogP contribution in [0.2, 0.25) is 10.0 Å². The summed E-state index contributed by atoms with van der Waals surface area (Å²) in [6, 6.07) is 7.45. The van der Waals surface area contributed by atoms with Crippen LogP contribution in [-0.4, -0.2) is 30.4 Å². The van der Waals surface area contributed by atoms with Crippen molar-refractivity contribution in [2.75, 3.05) is 19.6 Å². The van der Waals surface area contributed by atoms with Crippen LogP contribution in [0.3, 0.4) is 0 Å². The zero-order chi connectivity index (χ0) is 17.1. The van der Waals surface area contributed by atoms with Gasteiger partial charge in [-0.05, 0) is 47.2 Å². The van der Waals surface area contributed by atoms with E-state index in [9.17, 15) is 4.79 Å². The summed E-state index contributed by atoms with van der Waals surface area (Å²) in [5.74, 6) is 0.115. The molecule has 0 saturated heterocycles. The highest BCUT2D eigenvalue weighted by atomic mass is 35.5. The molecular weight excluding hydrogens is 363 g/mol. The Labute approximate surface area is 155 Å². The summed E-state index contributed by atoms with van der Waals surface area (Å²) in [4.78, 5) is 16.0. The summed E-state index contributed by atoms with van der Waals surface area (Å²) in [7, 11) is 0. The van der Waals surface area contributed by atoms with Crippen molar-refractivity contribution in [2.45, 2.75) is 12.5 Å². The summed E-state index contributed by atoms with van der Waals surface area (Å²) in [6.07, 6.45) is 2.69. The molecule has 0 fully saturated rings. The molecule has 126 valence electrons. The molecule has 6 heteroatoms. The topological polar surface area (TPSA) is 36.9 Å². The van der Waals surface area contributed by atoms with Crippen molar-refractivity contribution in [3.05, 3.63) is 68.3 Å². The van der Waals surface area contributed by atoms with Crippen LogP contribution in [-0.2, 0) is 11.2 Å². The Morgan fingerprint density at radius 1 is 1.38 bits per heavy atom. The Kier molecular flexibility index (Phi) is 5.61. The monoisotopic (exact) mass is 381 g/mol. The number of carbonyl (C=O) groups excluding carboxylic acids is 1. The summed E-state index contributed by atoms with van der Waals surface area (Å²) in [6.45, 7) is 5.54. The molecule has 0 radical (unpaired) electrons. The van der Waals surface area contributed by atoms with E-state index in [-0.39, 0.29) is 11.9 Å².